The number of hydrogen-bond acceptors (Lipinski definition) is 3. The Kier molecular flexibility index (Phi) is 6.20. The molecule has 0 heterocycles. The Hall–Kier alpha value is -3.15. The molecule has 0 aliphatic heterocycles. The Morgan fingerprint density at radius 2 is 1.48 bits per heavy atom. The molecule has 0 bridgehead atoms. The molecule has 3 amide bonds. The number of benzene rings is 2. The third-order valence-corrected chi connectivity index (χ3v) is 4.29. The van der Waals surface area contributed by atoms with E-state index in [1.807, 2.05) is 18.2 Å². The van der Waals surface area contributed by atoms with E-state index in [4.69, 9.17) is 0 Å². The summed E-state index contributed by atoms with van der Waals surface area (Å²) in [6.45, 7) is 0.438. The molecule has 1 saturated carbocycles. The van der Waals surface area contributed by atoms with E-state index in [0.717, 1.165) is 18.5 Å². The van der Waals surface area contributed by atoms with Crippen molar-refractivity contribution in [1.82, 2.24) is 5.32 Å². The first-order chi connectivity index (χ1) is 13.1. The first kappa shape index (κ1) is 18.6. The minimum absolute atomic E-state index is 0.0596. The maximum Gasteiger partial charge on any atom is 0.251 e. The fourth-order valence-electron chi connectivity index (χ4n) is 2.59. The summed E-state index contributed by atoms with van der Waals surface area (Å²) < 4.78 is 0. The van der Waals surface area contributed by atoms with Gasteiger partial charge in [-0.1, -0.05) is 18.2 Å². The van der Waals surface area contributed by atoms with Gasteiger partial charge in [0.15, 0.2) is 0 Å². The summed E-state index contributed by atoms with van der Waals surface area (Å²) >= 11 is 0. The van der Waals surface area contributed by atoms with Gasteiger partial charge in [0.1, 0.15) is 0 Å². The molecule has 140 valence electrons. The summed E-state index contributed by atoms with van der Waals surface area (Å²) in [6.07, 6.45) is 2.80. The van der Waals surface area contributed by atoms with Crippen LogP contribution >= 0.6 is 0 Å². The third-order valence-electron chi connectivity index (χ3n) is 4.29. The minimum Gasteiger partial charge on any atom is -0.352 e. The fourth-order valence-corrected chi connectivity index (χ4v) is 2.59. The van der Waals surface area contributed by atoms with Crippen LogP contribution in [0.3, 0.4) is 0 Å². The van der Waals surface area contributed by atoms with Crippen LogP contribution in [-0.2, 0) is 9.59 Å². The van der Waals surface area contributed by atoms with Crippen LogP contribution in [0.25, 0.3) is 0 Å². The molecule has 1 aliphatic carbocycles. The second kappa shape index (κ2) is 8.98. The molecule has 2 aromatic rings. The van der Waals surface area contributed by atoms with Crippen LogP contribution in [0.4, 0.5) is 11.4 Å². The second-order valence-electron chi connectivity index (χ2n) is 6.61. The molecule has 27 heavy (non-hydrogen) atoms. The monoisotopic (exact) mass is 365 g/mol. The molecule has 1 fully saturated rings. The summed E-state index contributed by atoms with van der Waals surface area (Å²) in [4.78, 5) is 35.6. The number of nitrogens with one attached hydrogen (secondary N) is 3. The number of rotatable bonds is 8. The maximum atomic E-state index is 12.0. The Morgan fingerprint density at radius 3 is 2.11 bits per heavy atom. The first-order valence-corrected chi connectivity index (χ1v) is 9.16. The Balaban J connectivity index is 1.35. The highest BCUT2D eigenvalue weighted by Gasteiger charge is 2.29. The molecule has 0 unspecified atom stereocenters. The highest BCUT2D eigenvalue weighted by molar-refractivity contribution is 5.95. The number of carbonyl (C=O) groups excluding carboxylic acids is 3. The lowest BCUT2D eigenvalue weighted by Gasteiger charge is -2.08. The summed E-state index contributed by atoms with van der Waals surface area (Å²) in [5, 5.41) is 8.47. The van der Waals surface area contributed by atoms with Crippen molar-refractivity contribution in [2.24, 2.45) is 5.92 Å². The predicted molar refractivity (Wildman–Crippen MR) is 104 cm³/mol. The van der Waals surface area contributed by atoms with Crippen LogP contribution < -0.4 is 16.0 Å². The average Bonchev–Trinajstić information content (AvgIpc) is 3.53. The van der Waals surface area contributed by atoms with Crippen molar-refractivity contribution in [2.75, 3.05) is 17.2 Å². The quantitative estimate of drug-likeness (QED) is 0.628. The van der Waals surface area contributed by atoms with Crippen LogP contribution in [0.1, 0.15) is 36.0 Å². The van der Waals surface area contributed by atoms with Crippen LogP contribution in [0.2, 0.25) is 0 Å². The normalized spacial score (nSPS) is 12.9. The van der Waals surface area contributed by atoms with Gasteiger partial charge in [-0.3, -0.25) is 14.4 Å². The zero-order valence-corrected chi connectivity index (χ0v) is 15.0. The van der Waals surface area contributed by atoms with Gasteiger partial charge in [0.2, 0.25) is 11.8 Å². The van der Waals surface area contributed by atoms with Crippen LogP contribution in [-0.4, -0.2) is 24.3 Å². The topological polar surface area (TPSA) is 87.3 Å². The molecule has 2 aromatic carbocycles. The first-order valence-electron chi connectivity index (χ1n) is 9.16. The molecule has 0 aromatic heterocycles. The molecule has 6 heteroatoms. The highest BCUT2D eigenvalue weighted by atomic mass is 16.2. The minimum atomic E-state index is -0.139. The van der Waals surface area contributed by atoms with Crippen molar-refractivity contribution in [3.8, 4) is 0 Å². The predicted octanol–water partition coefficient (Wildman–Crippen LogP) is 3.18. The van der Waals surface area contributed by atoms with Gasteiger partial charge in [-0.2, -0.15) is 0 Å². The number of amides is 3. The van der Waals surface area contributed by atoms with Crippen molar-refractivity contribution in [3.05, 3.63) is 60.2 Å². The van der Waals surface area contributed by atoms with Gasteiger partial charge in [0, 0.05) is 35.8 Å². The van der Waals surface area contributed by atoms with Crippen molar-refractivity contribution in [2.45, 2.75) is 25.7 Å². The zero-order valence-electron chi connectivity index (χ0n) is 15.0. The molecule has 0 radical (unpaired) electrons. The third kappa shape index (κ3) is 5.95. The molecular formula is C21H23N3O3. The van der Waals surface area contributed by atoms with Crippen LogP contribution in [0.5, 0.6) is 0 Å². The van der Waals surface area contributed by atoms with Crippen molar-refractivity contribution >= 4 is 29.1 Å². The summed E-state index contributed by atoms with van der Waals surface area (Å²) in [6, 6.07) is 16.0. The molecule has 0 spiro atoms. The lowest BCUT2D eigenvalue weighted by Crippen LogP contribution is -2.25. The van der Waals surface area contributed by atoms with Gasteiger partial charge in [0.05, 0.1) is 0 Å². The largest absolute Gasteiger partial charge is 0.352 e. The Labute approximate surface area is 158 Å². The van der Waals surface area contributed by atoms with E-state index in [9.17, 15) is 14.4 Å². The van der Waals surface area contributed by atoms with Crippen molar-refractivity contribution < 1.29 is 14.4 Å². The molecule has 1 aliphatic rings. The second-order valence-corrected chi connectivity index (χ2v) is 6.61. The van der Waals surface area contributed by atoms with E-state index in [0.29, 0.717) is 30.6 Å². The van der Waals surface area contributed by atoms with E-state index >= 15 is 0 Å². The van der Waals surface area contributed by atoms with Gasteiger partial charge in [-0.25, -0.2) is 0 Å². The zero-order chi connectivity index (χ0) is 19.1. The fraction of sp³-hybridized carbons (Fsp3) is 0.286. The van der Waals surface area contributed by atoms with E-state index in [-0.39, 0.29) is 23.6 Å². The summed E-state index contributed by atoms with van der Waals surface area (Å²) in [7, 11) is 0. The molecule has 3 rings (SSSR count). The van der Waals surface area contributed by atoms with E-state index in [1.54, 1.807) is 36.4 Å². The summed E-state index contributed by atoms with van der Waals surface area (Å²) in [5.74, 6) is -0.0327. The maximum absolute atomic E-state index is 12.0. The van der Waals surface area contributed by atoms with E-state index in [2.05, 4.69) is 16.0 Å². The number of carbonyl (C=O) groups is 3. The van der Waals surface area contributed by atoms with Gasteiger partial charge >= 0.3 is 0 Å². The number of anilines is 2. The molecular weight excluding hydrogens is 342 g/mol. The van der Waals surface area contributed by atoms with Gasteiger partial charge < -0.3 is 16.0 Å². The van der Waals surface area contributed by atoms with E-state index < -0.39 is 0 Å². The van der Waals surface area contributed by atoms with Gasteiger partial charge in [-0.15, -0.1) is 0 Å². The number of hydrogen-bond donors (Lipinski definition) is 3. The van der Waals surface area contributed by atoms with Crippen LogP contribution in [0, 0.1) is 5.92 Å². The van der Waals surface area contributed by atoms with Crippen molar-refractivity contribution in [3.63, 3.8) is 0 Å². The summed E-state index contributed by atoms with van der Waals surface area (Å²) in [5.41, 5.74) is 2.02. The molecule has 3 N–H and O–H groups in total. The molecule has 0 saturated heterocycles. The van der Waals surface area contributed by atoms with E-state index in [1.165, 1.54) is 0 Å². The standard InChI is InChI=1S/C21H23N3O3/c25-19(7-4-14-22-20(26)15-5-2-1-3-6-15)23-17-10-12-18(13-11-17)24-21(27)16-8-9-16/h1-3,5-6,10-13,16H,4,7-9,14H2,(H,22,26)(H,23,25)(H,24,27). The molecule has 6 nitrogen and oxygen atoms in total. The SMILES string of the molecule is O=C(CCCNC(=O)c1ccccc1)Nc1ccc(NC(=O)C2CC2)cc1. The Bertz CT molecular complexity index is 799. The smallest absolute Gasteiger partial charge is 0.251 e. The van der Waals surface area contributed by atoms with Crippen LogP contribution in [0.15, 0.2) is 54.6 Å². The lowest BCUT2D eigenvalue weighted by atomic mass is 10.2. The van der Waals surface area contributed by atoms with Gasteiger partial charge in [0.25, 0.3) is 5.91 Å². The van der Waals surface area contributed by atoms with Crippen molar-refractivity contribution in [1.29, 1.82) is 0 Å². The van der Waals surface area contributed by atoms with Gasteiger partial charge in [-0.05, 0) is 55.7 Å². The molecule has 0 atom stereocenters. The average molecular weight is 365 g/mol. The Morgan fingerprint density at radius 1 is 0.852 bits per heavy atom. The lowest BCUT2D eigenvalue weighted by molar-refractivity contribution is -0.117. The highest BCUT2D eigenvalue weighted by Crippen LogP contribution is 2.30.